The van der Waals surface area contributed by atoms with Crippen LogP contribution < -0.4 is 4.74 Å². The summed E-state index contributed by atoms with van der Waals surface area (Å²) in [4.78, 5) is 17.0. The van der Waals surface area contributed by atoms with Crippen molar-refractivity contribution < 1.29 is 23.6 Å². The molecule has 2 N–H and O–H groups in total. The molecule has 2 aromatic rings. The van der Waals surface area contributed by atoms with E-state index < -0.39 is 7.82 Å². The van der Waals surface area contributed by atoms with Crippen molar-refractivity contribution in [2.24, 2.45) is 0 Å². The SMILES string of the molecule is O=P(O)(O)OCCOc1cccc2ccccc12. The van der Waals surface area contributed by atoms with Crippen LogP contribution in [-0.4, -0.2) is 23.0 Å². The van der Waals surface area contributed by atoms with Crippen LogP contribution in [0, 0.1) is 0 Å². The number of hydrogen-bond donors (Lipinski definition) is 2. The lowest BCUT2D eigenvalue weighted by Gasteiger charge is -2.09. The third-order valence-electron chi connectivity index (χ3n) is 2.35. The fourth-order valence-corrected chi connectivity index (χ4v) is 1.94. The smallest absolute Gasteiger partial charge is 0.469 e. The first-order valence-electron chi connectivity index (χ1n) is 5.37. The third-order valence-corrected chi connectivity index (χ3v) is 2.87. The number of ether oxygens (including phenoxy) is 1. The van der Waals surface area contributed by atoms with Gasteiger partial charge in [0.1, 0.15) is 12.4 Å². The van der Waals surface area contributed by atoms with Crippen LogP contribution in [0.4, 0.5) is 0 Å². The van der Waals surface area contributed by atoms with Crippen molar-refractivity contribution in [1.82, 2.24) is 0 Å². The minimum Gasteiger partial charge on any atom is -0.491 e. The van der Waals surface area contributed by atoms with E-state index in [0.717, 1.165) is 10.8 Å². The number of fused-ring (bicyclic) bond motifs is 1. The molecule has 0 bridgehead atoms. The molecule has 0 aliphatic carbocycles. The lowest BCUT2D eigenvalue weighted by molar-refractivity contribution is 0.161. The molecule has 0 saturated carbocycles. The molecule has 0 aromatic heterocycles. The van der Waals surface area contributed by atoms with Crippen LogP contribution in [0.2, 0.25) is 0 Å². The number of phosphoric ester groups is 1. The molecule has 0 atom stereocenters. The van der Waals surface area contributed by atoms with Crippen molar-refractivity contribution in [3.05, 3.63) is 42.5 Å². The van der Waals surface area contributed by atoms with Gasteiger partial charge in [-0.15, -0.1) is 0 Å². The van der Waals surface area contributed by atoms with E-state index in [1.54, 1.807) is 6.07 Å². The van der Waals surface area contributed by atoms with Crippen molar-refractivity contribution in [2.45, 2.75) is 0 Å². The molecule has 18 heavy (non-hydrogen) atoms. The van der Waals surface area contributed by atoms with Crippen molar-refractivity contribution in [3.8, 4) is 5.75 Å². The van der Waals surface area contributed by atoms with E-state index in [2.05, 4.69) is 4.52 Å². The fraction of sp³-hybridized carbons (Fsp3) is 0.167. The Morgan fingerprint density at radius 1 is 1.00 bits per heavy atom. The highest BCUT2D eigenvalue weighted by atomic mass is 31.2. The van der Waals surface area contributed by atoms with Crippen LogP contribution in [0.3, 0.4) is 0 Å². The zero-order valence-electron chi connectivity index (χ0n) is 9.52. The second-order valence-corrected chi connectivity index (χ2v) is 4.89. The predicted molar refractivity (Wildman–Crippen MR) is 67.4 cm³/mol. The zero-order valence-corrected chi connectivity index (χ0v) is 10.4. The van der Waals surface area contributed by atoms with Crippen LogP contribution in [-0.2, 0) is 9.09 Å². The molecule has 0 spiro atoms. The summed E-state index contributed by atoms with van der Waals surface area (Å²) in [7, 11) is -4.42. The van der Waals surface area contributed by atoms with Crippen LogP contribution >= 0.6 is 7.82 Å². The summed E-state index contributed by atoms with van der Waals surface area (Å²) in [5, 5.41) is 2.00. The highest BCUT2D eigenvalue weighted by molar-refractivity contribution is 7.46. The first kappa shape index (κ1) is 13.1. The monoisotopic (exact) mass is 268 g/mol. The van der Waals surface area contributed by atoms with Gasteiger partial charge in [-0.05, 0) is 11.5 Å². The molecule has 96 valence electrons. The molecule has 0 unspecified atom stereocenters. The van der Waals surface area contributed by atoms with Gasteiger partial charge in [0.2, 0.25) is 0 Å². The van der Waals surface area contributed by atoms with Crippen LogP contribution in [0.1, 0.15) is 0 Å². The Morgan fingerprint density at radius 3 is 2.50 bits per heavy atom. The molecule has 0 fully saturated rings. The zero-order chi connectivity index (χ0) is 13.0. The van der Waals surface area contributed by atoms with Gasteiger partial charge >= 0.3 is 7.82 Å². The number of hydrogen-bond acceptors (Lipinski definition) is 3. The Hall–Kier alpha value is -1.39. The van der Waals surface area contributed by atoms with Crippen LogP contribution in [0.5, 0.6) is 5.75 Å². The molecular weight excluding hydrogens is 255 g/mol. The van der Waals surface area contributed by atoms with E-state index in [-0.39, 0.29) is 13.2 Å². The third kappa shape index (κ3) is 3.55. The number of benzene rings is 2. The summed E-state index contributed by atoms with van der Waals surface area (Å²) in [5.41, 5.74) is 0. The Balaban J connectivity index is 2.02. The van der Waals surface area contributed by atoms with Gasteiger partial charge in [0.15, 0.2) is 0 Å². The molecule has 0 aliphatic rings. The average molecular weight is 268 g/mol. The minimum absolute atomic E-state index is 0.0825. The van der Waals surface area contributed by atoms with Crippen LogP contribution in [0.25, 0.3) is 10.8 Å². The van der Waals surface area contributed by atoms with E-state index in [0.29, 0.717) is 5.75 Å². The van der Waals surface area contributed by atoms with Crippen molar-refractivity contribution >= 4 is 18.6 Å². The molecule has 5 nitrogen and oxygen atoms in total. The van der Waals surface area contributed by atoms with Gasteiger partial charge in [-0.2, -0.15) is 0 Å². The lowest BCUT2D eigenvalue weighted by Crippen LogP contribution is -2.05. The first-order chi connectivity index (χ1) is 8.56. The molecule has 6 heteroatoms. The molecule has 0 saturated heterocycles. The van der Waals surface area contributed by atoms with Crippen molar-refractivity contribution in [2.75, 3.05) is 13.2 Å². The topological polar surface area (TPSA) is 76.0 Å². The summed E-state index contributed by atoms with van der Waals surface area (Å²) >= 11 is 0. The highest BCUT2D eigenvalue weighted by Gasteiger charge is 2.13. The average Bonchev–Trinajstić information content (AvgIpc) is 2.33. The van der Waals surface area contributed by atoms with Crippen LogP contribution in [0.15, 0.2) is 42.5 Å². The van der Waals surface area contributed by atoms with E-state index >= 15 is 0 Å². The highest BCUT2D eigenvalue weighted by Crippen LogP contribution is 2.35. The van der Waals surface area contributed by atoms with Gasteiger partial charge in [-0.25, -0.2) is 4.57 Å². The van der Waals surface area contributed by atoms with Gasteiger partial charge in [-0.3, -0.25) is 4.52 Å². The van der Waals surface area contributed by atoms with E-state index in [9.17, 15) is 4.57 Å². The molecule has 2 rings (SSSR count). The number of phosphoric acid groups is 1. The molecule has 0 aliphatic heterocycles. The predicted octanol–water partition coefficient (Wildman–Crippen LogP) is 2.33. The Morgan fingerprint density at radius 2 is 1.72 bits per heavy atom. The second-order valence-electron chi connectivity index (χ2n) is 3.65. The maximum Gasteiger partial charge on any atom is 0.469 e. The van der Waals surface area contributed by atoms with Gasteiger partial charge in [0.25, 0.3) is 0 Å². The van der Waals surface area contributed by atoms with E-state index in [4.69, 9.17) is 14.5 Å². The minimum atomic E-state index is -4.42. The standard InChI is InChI=1S/C12H13O5P/c13-18(14,15)17-9-8-16-12-7-3-5-10-4-1-2-6-11(10)12/h1-7H,8-9H2,(H2,13,14,15). The summed E-state index contributed by atoms with van der Waals surface area (Å²) in [6.45, 7) is -0.0768. The lowest BCUT2D eigenvalue weighted by atomic mass is 10.1. The van der Waals surface area contributed by atoms with Gasteiger partial charge in [0, 0.05) is 5.39 Å². The number of rotatable bonds is 5. The second kappa shape index (κ2) is 5.50. The van der Waals surface area contributed by atoms with Crippen molar-refractivity contribution in [3.63, 3.8) is 0 Å². The summed E-state index contributed by atoms with van der Waals surface area (Å²) < 4.78 is 20.2. The maximum absolute atomic E-state index is 10.5. The fourth-order valence-electron chi connectivity index (χ4n) is 1.63. The Kier molecular flexibility index (Phi) is 3.99. The first-order valence-corrected chi connectivity index (χ1v) is 6.90. The molecular formula is C12H13O5P. The van der Waals surface area contributed by atoms with E-state index in [1.807, 2.05) is 36.4 Å². The quantitative estimate of drug-likeness (QED) is 0.643. The molecule has 2 aromatic carbocycles. The largest absolute Gasteiger partial charge is 0.491 e. The summed E-state index contributed by atoms with van der Waals surface area (Å²) in [6, 6.07) is 13.4. The van der Waals surface area contributed by atoms with E-state index in [1.165, 1.54) is 0 Å². The molecule has 0 radical (unpaired) electrons. The molecule has 0 amide bonds. The summed E-state index contributed by atoms with van der Waals surface area (Å²) in [5.74, 6) is 0.669. The Bertz CT molecular complexity index is 572. The van der Waals surface area contributed by atoms with Gasteiger partial charge in [-0.1, -0.05) is 36.4 Å². The molecule has 0 heterocycles. The Labute approximate surface area is 104 Å². The summed E-state index contributed by atoms with van der Waals surface area (Å²) in [6.07, 6.45) is 0. The van der Waals surface area contributed by atoms with Gasteiger partial charge < -0.3 is 14.5 Å². The maximum atomic E-state index is 10.5. The normalized spacial score (nSPS) is 11.7. The van der Waals surface area contributed by atoms with Gasteiger partial charge in [0.05, 0.1) is 6.61 Å². The van der Waals surface area contributed by atoms with Crippen molar-refractivity contribution in [1.29, 1.82) is 0 Å².